The summed E-state index contributed by atoms with van der Waals surface area (Å²) in [5, 5.41) is 4.30. The van der Waals surface area contributed by atoms with Crippen molar-refractivity contribution in [3.63, 3.8) is 0 Å². The molecule has 0 bridgehead atoms. The minimum atomic E-state index is 0.633. The molecule has 0 heterocycles. The molecule has 0 aliphatic heterocycles. The summed E-state index contributed by atoms with van der Waals surface area (Å²) < 4.78 is 0. The molecule has 144 valence electrons. The van der Waals surface area contributed by atoms with Crippen LogP contribution in [-0.4, -0.2) is 0 Å². The fourth-order valence-electron chi connectivity index (χ4n) is 3.43. The topological polar surface area (TPSA) is 0 Å². The lowest BCUT2D eigenvalue weighted by Gasteiger charge is -2.16. The SMILES string of the molecule is Clc1ccc(Cc2cccc(Pc3ccccc3)c2Cc2ccc(Cl)cc2)cc1. The molecule has 0 saturated carbocycles. The molecule has 0 N–H and O–H groups in total. The van der Waals surface area contributed by atoms with Crippen molar-refractivity contribution in [1.29, 1.82) is 0 Å². The lowest BCUT2D eigenvalue weighted by atomic mass is 9.95. The highest BCUT2D eigenvalue weighted by atomic mass is 35.5. The minimum absolute atomic E-state index is 0.633. The van der Waals surface area contributed by atoms with Gasteiger partial charge < -0.3 is 0 Å². The van der Waals surface area contributed by atoms with E-state index in [0.717, 1.165) is 22.9 Å². The van der Waals surface area contributed by atoms with E-state index in [1.165, 1.54) is 32.9 Å². The van der Waals surface area contributed by atoms with Crippen LogP contribution in [-0.2, 0) is 12.8 Å². The van der Waals surface area contributed by atoms with Crippen LogP contribution in [0.5, 0.6) is 0 Å². The van der Waals surface area contributed by atoms with Crippen LogP contribution in [0.2, 0.25) is 10.0 Å². The van der Waals surface area contributed by atoms with Gasteiger partial charge in [-0.15, -0.1) is 0 Å². The summed E-state index contributed by atoms with van der Waals surface area (Å²) in [6, 6.07) is 33.7. The Bertz CT molecular complexity index is 1070. The van der Waals surface area contributed by atoms with Gasteiger partial charge in [-0.1, -0.05) is 105 Å². The smallest absolute Gasteiger partial charge is 0.0406 e. The van der Waals surface area contributed by atoms with Crippen LogP contribution in [0.3, 0.4) is 0 Å². The van der Waals surface area contributed by atoms with Crippen molar-refractivity contribution in [2.45, 2.75) is 12.8 Å². The minimum Gasteiger partial charge on any atom is -0.0843 e. The molecule has 0 aromatic heterocycles. The fourth-order valence-corrected chi connectivity index (χ4v) is 4.93. The average Bonchev–Trinajstić information content (AvgIpc) is 2.74. The van der Waals surface area contributed by atoms with Gasteiger partial charge in [-0.25, -0.2) is 0 Å². The van der Waals surface area contributed by atoms with Crippen molar-refractivity contribution in [2.24, 2.45) is 0 Å². The van der Waals surface area contributed by atoms with E-state index in [1.807, 2.05) is 24.3 Å². The summed E-state index contributed by atoms with van der Waals surface area (Å²) in [6.07, 6.45) is 1.79. The van der Waals surface area contributed by atoms with Gasteiger partial charge in [0, 0.05) is 10.0 Å². The first kappa shape index (κ1) is 20.2. The zero-order chi connectivity index (χ0) is 20.1. The molecule has 0 amide bonds. The van der Waals surface area contributed by atoms with Crippen LogP contribution >= 0.6 is 31.8 Å². The molecule has 4 rings (SSSR count). The van der Waals surface area contributed by atoms with Crippen LogP contribution in [0.4, 0.5) is 0 Å². The number of hydrogen-bond acceptors (Lipinski definition) is 0. The predicted molar refractivity (Wildman–Crippen MR) is 129 cm³/mol. The molecule has 0 saturated heterocycles. The summed E-state index contributed by atoms with van der Waals surface area (Å²) in [6.45, 7) is 0. The zero-order valence-electron chi connectivity index (χ0n) is 15.9. The van der Waals surface area contributed by atoms with Gasteiger partial charge in [-0.3, -0.25) is 0 Å². The van der Waals surface area contributed by atoms with E-state index in [9.17, 15) is 0 Å². The number of hydrogen-bond donors (Lipinski definition) is 0. The molecule has 0 spiro atoms. The average molecular weight is 435 g/mol. The molecule has 0 radical (unpaired) electrons. The first-order valence-corrected chi connectivity index (χ1v) is 11.3. The van der Waals surface area contributed by atoms with Crippen molar-refractivity contribution in [1.82, 2.24) is 0 Å². The lowest BCUT2D eigenvalue weighted by Crippen LogP contribution is -2.13. The third-order valence-electron chi connectivity index (χ3n) is 4.93. The van der Waals surface area contributed by atoms with E-state index >= 15 is 0 Å². The summed E-state index contributed by atoms with van der Waals surface area (Å²) in [7, 11) is 0.633. The molecule has 0 nitrogen and oxygen atoms in total. The van der Waals surface area contributed by atoms with Crippen molar-refractivity contribution < 1.29 is 0 Å². The van der Waals surface area contributed by atoms with Gasteiger partial charge >= 0.3 is 0 Å². The monoisotopic (exact) mass is 434 g/mol. The molecule has 4 aromatic carbocycles. The van der Waals surface area contributed by atoms with E-state index in [2.05, 4.69) is 72.8 Å². The quantitative estimate of drug-likeness (QED) is 0.292. The number of halogens is 2. The molecule has 0 aliphatic carbocycles. The Labute approximate surface area is 184 Å². The van der Waals surface area contributed by atoms with Gasteiger partial charge in [-0.05, 0) is 70.0 Å². The molecule has 0 aliphatic rings. The Morgan fingerprint density at radius 2 is 1.14 bits per heavy atom. The van der Waals surface area contributed by atoms with Gasteiger partial charge in [0.1, 0.15) is 0 Å². The Balaban J connectivity index is 1.71. The third kappa shape index (κ3) is 5.49. The van der Waals surface area contributed by atoms with Gasteiger partial charge in [-0.2, -0.15) is 0 Å². The van der Waals surface area contributed by atoms with Gasteiger partial charge in [0.2, 0.25) is 0 Å². The Hall–Kier alpha value is -2.11. The van der Waals surface area contributed by atoms with Crippen molar-refractivity contribution in [3.05, 3.63) is 129 Å². The Morgan fingerprint density at radius 3 is 1.76 bits per heavy atom. The van der Waals surface area contributed by atoms with E-state index in [1.54, 1.807) is 0 Å². The standard InChI is InChI=1S/C26H21Cl2P/c27-22-13-9-19(10-14-22)17-21-5-4-8-26(29-24-6-2-1-3-7-24)25(21)18-20-11-15-23(28)16-12-20/h1-16,29H,17-18H2. The van der Waals surface area contributed by atoms with E-state index < -0.39 is 0 Å². The van der Waals surface area contributed by atoms with E-state index in [-0.39, 0.29) is 0 Å². The maximum Gasteiger partial charge on any atom is 0.0406 e. The number of benzene rings is 4. The second kappa shape index (κ2) is 9.59. The van der Waals surface area contributed by atoms with Crippen LogP contribution in [0.15, 0.2) is 97.1 Å². The highest BCUT2D eigenvalue weighted by molar-refractivity contribution is 7.55. The third-order valence-corrected chi connectivity index (χ3v) is 6.79. The van der Waals surface area contributed by atoms with E-state index in [4.69, 9.17) is 23.2 Å². The molecule has 29 heavy (non-hydrogen) atoms. The first-order valence-electron chi connectivity index (χ1n) is 9.59. The molecular formula is C26H21Cl2P. The highest BCUT2D eigenvalue weighted by Gasteiger charge is 2.11. The molecular weight excluding hydrogens is 414 g/mol. The highest BCUT2D eigenvalue weighted by Crippen LogP contribution is 2.24. The van der Waals surface area contributed by atoms with Crippen molar-refractivity contribution in [2.75, 3.05) is 0 Å². The predicted octanol–water partition coefficient (Wildman–Crippen LogP) is 6.80. The Morgan fingerprint density at radius 1 is 0.552 bits per heavy atom. The number of rotatable bonds is 6. The largest absolute Gasteiger partial charge is 0.0843 e. The lowest BCUT2D eigenvalue weighted by molar-refractivity contribution is 1.10. The summed E-state index contributed by atoms with van der Waals surface area (Å²) in [5.41, 5.74) is 5.32. The zero-order valence-corrected chi connectivity index (χ0v) is 18.4. The molecule has 3 heteroatoms. The first-order chi connectivity index (χ1) is 14.2. The summed E-state index contributed by atoms with van der Waals surface area (Å²) in [4.78, 5) is 0. The fraction of sp³-hybridized carbons (Fsp3) is 0.0769. The molecule has 0 fully saturated rings. The maximum atomic E-state index is 6.10. The van der Waals surface area contributed by atoms with Crippen LogP contribution in [0.1, 0.15) is 22.3 Å². The van der Waals surface area contributed by atoms with Crippen molar-refractivity contribution >= 4 is 42.4 Å². The normalized spacial score (nSPS) is 11.2. The second-order valence-corrected chi connectivity index (χ2v) is 9.28. The van der Waals surface area contributed by atoms with Crippen LogP contribution in [0, 0.1) is 0 Å². The van der Waals surface area contributed by atoms with Gasteiger partial charge in [0.05, 0.1) is 0 Å². The Kier molecular flexibility index (Phi) is 6.67. The van der Waals surface area contributed by atoms with Gasteiger partial charge in [0.15, 0.2) is 0 Å². The maximum absolute atomic E-state index is 6.10. The molecule has 1 unspecified atom stereocenters. The van der Waals surface area contributed by atoms with Gasteiger partial charge in [0.25, 0.3) is 0 Å². The second-order valence-electron chi connectivity index (χ2n) is 7.04. The van der Waals surface area contributed by atoms with Crippen LogP contribution in [0.25, 0.3) is 0 Å². The summed E-state index contributed by atoms with van der Waals surface area (Å²) >= 11 is 12.2. The van der Waals surface area contributed by atoms with Crippen LogP contribution < -0.4 is 10.6 Å². The molecule has 4 aromatic rings. The van der Waals surface area contributed by atoms with Crippen molar-refractivity contribution in [3.8, 4) is 0 Å². The molecule has 1 atom stereocenters. The summed E-state index contributed by atoms with van der Waals surface area (Å²) in [5.74, 6) is 0. The van der Waals surface area contributed by atoms with E-state index in [0.29, 0.717) is 8.58 Å².